The molecule has 3 aromatic rings. The Bertz CT molecular complexity index is 1290. The van der Waals surface area contributed by atoms with Crippen LogP contribution in [0.25, 0.3) is 11.3 Å². The van der Waals surface area contributed by atoms with Gasteiger partial charge in [0.1, 0.15) is 5.75 Å². The molecule has 0 saturated heterocycles. The van der Waals surface area contributed by atoms with Crippen molar-refractivity contribution in [1.82, 2.24) is 10.1 Å². The Hall–Kier alpha value is -3.53. The molecule has 0 fully saturated rings. The van der Waals surface area contributed by atoms with Gasteiger partial charge in [-0.3, -0.25) is 4.79 Å². The third-order valence-corrected chi connectivity index (χ3v) is 7.22. The van der Waals surface area contributed by atoms with Gasteiger partial charge < -0.3 is 19.3 Å². The summed E-state index contributed by atoms with van der Waals surface area (Å²) in [6, 6.07) is 10.7. The molecule has 0 aliphatic carbocycles. The maximum Gasteiger partial charge on any atom is 0.296 e. The van der Waals surface area contributed by atoms with E-state index in [1.54, 1.807) is 43.0 Å². The van der Waals surface area contributed by atoms with Gasteiger partial charge >= 0.3 is 0 Å². The summed E-state index contributed by atoms with van der Waals surface area (Å²) < 4.78 is 18.3. The van der Waals surface area contributed by atoms with E-state index in [1.165, 1.54) is 25.1 Å². The van der Waals surface area contributed by atoms with Crippen molar-refractivity contribution in [3.8, 4) is 34.4 Å². The van der Waals surface area contributed by atoms with Crippen molar-refractivity contribution in [1.29, 1.82) is 0 Å². The number of unbranched alkanes of at least 4 members (excludes halogenated alkanes) is 3. The lowest BCUT2D eigenvalue weighted by Crippen LogP contribution is -2.58. The smallest absolute Gasteiger partial charge is 0.296 e. The molecule has 2 heterocycles. The Kier molecular flexibility index (Phi) is 8.38. The van der Waals surface area contributed by atoms with Gasteiger partial charge in [0.2, 0.25) is 5.91 Å². The number of thioether (sulfide) groups is 1. The van der Waals surface area contributed by atoms with Gasteiger partial charge in [0.05, 0.1) is 44.0 Å². The van der Waals surface area contributed by atoms with Gasteiger partial charge in [0.25, 0.3) is 17.0 Å². The van der Waals surface area contributed by atoms with Crippen LogP contribution in [0.4, 0.5) is 5.69 Å². The summed E-state index contributed by atoms with van der Waals surface area (Å²) >= 11 is 1.45. The van der Waals surface area contributed by atoms with Crippen LogP contribution in [0, 0.1) is 0 Å². The number of methoxy groups -OCH3 is 3. The van der Waals surface area contributed by atoms with Crippen LogP contribution >= 0.6 is 11.8 Å². The van der Waals surface area contributed by atoms with Gasteiger partial charge in [0, 0.05) is 23.8 Å². The SMILES string of the molecule is CCCCCCSc1nc([O-])c2[n+](n1)C(c1cc(OC)c(OC)cc1OC)N(C(C)=O)c1ccccc1-2. The van der Waals surface area contributed by atoms with E-state index in [-0.39, 0.29) is 5.91 Å². The van der Waals surface area contributed by atoms with E-state index in [0.29, 0.717) is 44.9 Å². The Morgan fingerprint density at radius 2 is 1.76 bits per heavy atom. The van der Waals surface area contributed by atoms with E-state index in [1.807, 2.05) is 24.3 Å². The Morgan fingerprint density at radius 1 is 1.05 bits per heavy atom. The molecule has 0 N–H and O–H groups in total. The Morgan fingerprint density at radius 3 is 2.43 bits per heavy atom. The molecule has 1 aromatic heterocycles. The maximum absolute atomic E-state index is 13.4. The molecule has 37 heavy (non-hydrogen) atoms. The lowest BCUT2D eigenvalue weighted by Gasteiger charge is -2.33. The standard InChI is InChI=1S/C27H32N4O5S/c1-6-7-8-11-14-37-27-28-25(33)24-18-12-9-10-13-20(18)30(17(2)32)26(31(24)29-27)19-15-22(35-4)23(36-5)16-21(19)34-3/h9-10,12-13,15-16,26H,6-8,11,14H2,1-5H3. The van der Waals surface area contributed by atoms with Gasteiger partial charge in [-0.2, -0.15) is 0 Å². The number of rotatable bonds is 10. The first kappa shape index (κ1) is 26.5. The monoisotopic (exact) mass is 524 g/mol. The number of fused-ring (bicyclic) bond motifs is 3. The number of ether oxygens (including phenoxy) is 3. The largest absolute Gasteiger partial charge is 0.854 e. The molecule has 1 atom stereocenters. The number of hydrogen-bond acceptors (Lipinski definition) is 8. The minimum Gasteiger partial charge on any atom is -0.854 e. The van der Waals surface area contributed by atoms with E-state index < -0.39 is 12.0 Å². The molecule has 0 saturated carbocycles. The number of anilines is 1. The van der Waals surface area contributed by atoms with E-state index in [4.69, 9.17) is 19.3 Å². The average molecular weight is 525 g/mol. The second kappa shape index (κ2) is 11.7. The summed E-state index contributed by atoms with van der Waals surface area (Å²) in [5.41, 5.74) is 2.09. The van der Waals surface area contributed by atoms with Gasteiger partial charge in [-0.05, 0) is 24.6 Å². The summed E-state index contributed by atoms with van der Waals surface area (Å²) in [7, 11) is 4.63. The normalized spacial score (nSPS) is 14.1. The molecule has 9 nitrogen and oxygen atoms in total. The molecule has 0 bridgehead atoms. The summed E-state index contributed by atoms with van der Waals surface area (Å²) in [6.45, 7) is 3.66. The van der Waals surface area contributed by atoms with E-state index in [0.717, 1.165) is 25.0 Å². The lowest BCUT2D eigenvalue weighted by molar-refractivity contribution is -0.764. The van der Waals surface area contributed by atoms with Crippen LogP contribution in [-0.2, 0) is 4.79 Å². The highest BCUT2D eigenvalue weighted by Gasteiger charge is 2.45. The molecule has 0 radical (unpaired) electrons. The highest BCUT2D eigenvalue weighted by atomic mass is 32.2. The Labute approximate surface area is 221 Å². The number of para-hydroxylation sites is 1. The lowest BCUT2D eigenvalue weighted by atomic mass is 10.0. The van der Waals surface area contributed by atoms with Crippen LogP contribution in [0.15, 0.2) is 41.6 Å². The third kappa shape index (κ3) is 5.16. The van der Waals surface area contributed by atoms with Crippen LogP contribution in [0.5, 0.6) is 23.1 Å². The highest BCUT2D eigenvalue weighted by Crippen LogP contribution is 2.45. The van der Waals surface area contributed by atoms with Crippen LogP contribution in [-0.4, -0.2) is 43.1 Å². The third-order valence-electron chi connectivity index (χ3n) is 6.30. The number of aromatic nitrogens is 3. The molecule has 0 spiro atoms. The van der Waals surface area contributed by atoms with Gasteiger partial charge in [-0.1, -0.05) is 54.8 Å². The van der Waals surface area contributed by atoms with Gasteiger partial charge in [-0.25, -0.2) is 9.88 Å². The van der Waals surface area contributed by atoms with E-state index in [2.05, 4.69) is 11.9 Å². The van der Waals surface area contributed by atoms with Crippen molar-refractivity contribution in [3.05, 3.63) is 42.0 Å². The molecule has 10 heteroatoms. The van der Waals surface area contributed by atoms with Crippen LogP contribution in [0.2, 0.25) is 0 Å². The van der Waals surface area contributed by atoms with Gasteiger partial charge in [-0.15, -0.1) is 0 Å². The Balaban J connectivity index is 1.93. The second-order valence-electron chi connectivity index (χ2n) is 8.63. The number of benzene rings is 2. The zero-order valence-electron chi connectivity index (χ0n) is 21.8. The maximum atomic E-state index is 13.4. The number of carbonyl (C=O) groups excluding carboxylic acids is 1. The number of carbonyl (C=O) groups is 1. The van der Waals surface area contributed by atoms with Crippen molar-refractivity contribution < 1.29 is 28.8 Å². The first-order valence-corrected chi connectivity index (χ1v) is 13.3. The zero-order chi connectivity index (χ0) is 26.5. The summed E-state index contributed by atoms with van der Waals surface area (Å²) in [4.78, 5) is 19.1. The molecule has 196 valence electrons. The fraction of sp³-hybridized carbons (Fsp3) is 0.407. The van der Waals surface area contributed by atoms with Crippen molar-refractivity contribution in [3.63, 3.8) is 0 Å². The minimum atomic E-state index is -0.813. The molecule has 4 rings (SSSR count). The number of hydrogen-bond donors (Lipinski definition) is 0. The summed E-state index contributed by atoms with van der Waals surface area (Å²) in [5.74, 6) is 1.60. The minimum absolute atomic E-state index is 0.215. The highest BCUT2D eigenvalue weighted by molar-refractivity contribution is 7.99. The van der Waals surface area contributed by atoms with Gasteiger partial charge in [0.15, 0.2) is 11.5 Å². The van der Waals surface area contributed by atoms with Crippen LogP contribution < -0.4 is 28.9 Å². The van der Waals surface area contributed by atoms with Crippen LogP contribution in [0.3, 0.4) is 0 Å². The quantitative estimate of drug-likeness (QED) is 0.222. The summed E-state index contributed by atoms with van der Waals surface area (Å²) in [6.07, 6.45) is 3.62. The van der Waals surface area contributed by atoms with E-state index in [9.17, 15) is 9.90 Å². The van der Waals surface area contributed by atoms with Crippen molar-refractivity contribution in [2.45, 2.75) is 50.9 Å². The number of nitrogens with zero attached hydrogens (tertiary/aromatic N) is 4. The number of amides is 1. The fourth-order valence-electron chi connectivity index (χ4n) is 4.56. The van der Waals surface area contributed by atoms with Crippen LogP contribution in [0.1, 0.15) is 51.3 Å². The first-order chi connectivity index (χ1) is 17.9. The van der Waals surface area contributed by atoms with Crippen molar-refractivity contribution in [2.24, 2.45) is 0 Å². The molecule has 1 aliphatic rings. The molecule has 1 aliphatic heterocycles. The predicted molar refractivity (Wildman–Crippen MR) is 139 cm³/mol. The van der Waals surface area contributed by atoms with Crippen molar-refractivity contribution >= 4 is 23.4 Å². The fourth-order valence-corrected chi connectivity index (χ4v) is 5.39. The molecule has 1 amide bonds. The molecular formula is C27H32N4O5S. The average Bonchev–Trinajstić information content (AvgIpc) is 2.91. The predicted octanol–water partition coefficient (Wildman–Crippen LogP) is 4.12. The summed E-state index contributed by atoms with van der Waals surface area (Å²) in [5, 5.41) is 18.6. The molecule has 2 aromatic carbocycles. The second-order valence-corrected chi connectivity index (χ2v) is 9.69. The first-order valence-electron chi connectivity index (χ1n) is 12.3. The van der Waals surface area contributed by atoms with E-state index >= 15 is 0 Å². The topological polar surface area (TPSA) is 101 Å². The molecular weight excluding hydrogens is 492 g/mol. The molecule has 1 unspecified atom stereocenters. The van der Waals surface area contributed by atoms with Crippen molar-refractivity contribution in [2.75, 3.05) is 32.0 Å². The zero-order valence-corrected chi connectivity index (χ0v) is 22.6.